The van der Waals surface area contributed by atoms with Gasteiger partial charge < -0.3 is 5.32 Å². The summed E-state index contributed by atoms with van der Waals surface area (Å²) in [5.74, 6) is 0.107. The lowest BCUT2D eigenvalue weighted by Gasteiger charge is -2.08. The van der Waals surface area contributed by atoms with Crippen LogP contribution in [0, 0.1) is 0 Å². The van der Waals surface area contributed by atoms with E-state index in [1.54, 1.807) is 42.6 Å². The molecule has 0 saturated carbocycles. The number of fused-ring (bicyclic) bond motifs is 1. The molecular weight excluding hydrogens is 391 g/mol. The molecule has 5 nitrogen and oxygen atoms in total. The van der Waals surface area contributed by atoms with Gasteiger partial charge in [-0.3, -0.25) is 4.79 Å². The van der Waals surface area contributed by atoms with Gasteiger partial charge in [-0.15, -0.1) is 0 Å². The van der Waals surface area contributed by atoms with Crippen molar-refractivity contribution in [3.63, 3.8) is 0 Å². The zero-order valence-corrected chi connectivity index (χ0v) is 15.4. The Morgan fingerprint density at radius 2 is 1.73 bits per heavy atom. The number of aromatic nitrogens is 3. The molecule has 2 aromatic heterocycles. The lowest BCUT2D eigenvalue weighted by Crippen LogP contribution is -2.13. The lowest BCUT2D eigenvalue weighted by atomic mass is 10.1. The summed E-state index contributed by atoms with van der Waals surface area (Å²) in [6.07, 6.45) is 1.65. The van der Waals surface area contributed by atoms with Gasteiger partial charge in [0.1, 0.15) is 16.9 Å². The van der Waals surface area contributed by atoms with E-state index in [0.717, 1.165) is 33.9 Å². The molecule has 1 N–H and O–H groups in total. The zero-order chi connectivity index (χ0) is 18.1. The van der Waals surface area contributed by atoms with E-state index >= 15 is 0 Å². The Morgan fingerprint density at radius 3 is 2.46 bits per heavy atom. The van der Waals surface area contributed by atoms with Crippen molar-refractivity contribution in [2.24, 2.45) is 0 Å². The van der Waals surface area contributed by atoms with Crippen molar-refractivity contribution >= 4 is 57.7 Å². The van der Waals surface area contributed by atoms with E-state index in [-0.39, 0.29) is 5.91 Å². The Balaban J connectivity index is 1.59. The number of hydrogen-bond donors (Lipinski definition) is 1. The van der Waals surface area contributed by atoms with Crippen molar-refractivity contribution in [2.45, 2.75) is 0 Å². The number of pyridine rings is 1. The first-order valence-corrected chi connectivity index (χ1v) is 9.04. The van der Waals surface area contributed by atoms with Crippen LogP contribution >= 0.6 is 34.9 Å². The molecule has 0 radical (unpaired) electrons. The highest BCUT2D eigenvalue weighted by Gasteiger charge is 2.12. The summed E-state index contributed by atoms with van der Waals surface area (Å²) in [5.41, 5.74) is 3.57. The third kappa shape index (κ3) is 3.26. The number of benzene rings is 2. The maximum atomic E-state index is 12.3. The quantitative estimate of drug-likeness (QED) is 0.505. The van der Waals surface area contributed by atoms with E-state index in [4.69, 9.17) is 23.2 Å². The van der Waals surface area contributed by atoms with Crippen LogP contribution in [0.1, 0.15) is 10.4 Å². The summed E-state index contributed by atoms with van der Waals surface area (Å²) in [7, 11) is 0. The number of rotatable bonds is 3. The minimum absolute atomic E-state index is 0.316. The monoisotopic (exact) mass is 400 g/mol. The van der Waals surface area contributed by atoms with Crippen LogP contribution in [0.5, 0.6) is 0 Å². The number of amides is 1. The molecule has 2 heterocycles. The van der Waals surface area contributed by atoms with Gasteiger partial charge in [0.2, 0.25) is 0 Å². The summed E-state index contributed by atoms with van der Waals surface area (Å²) in [4.78, 5) is 16.6. The summed E-state index contributed by atoms with van der Waals surface area (Å²) < 4.78 is 8.40. The molecule has 0 atom stereocenters. The summed E-state index contributed by atoms with van der Waals surface area (Å²) in [6, 6.07) is 14.0. The maximum Gasteiger partial charge on any atom is 0.258 e. The molecule has 4 aromatic rings. The first kappa shape index (κ1) is 16.9. The van der Waals surface area contributed by atoms with Crippen molar-refractivity contribution in [3.05, 3.63) is 70.3 Å². The minimum atomic E-state index is -0.316. The predicted octanol–water partition coefficient (Wildman–Crippen LogP) is 5.31. The minimum Gasteiger partial charge on any atom is -0.307 e. The van der Waals surface area contributed by atoms with Gasteiger partial charge in [0.15, 0.2) is 0 Å². The second-order valence-electron chi connectivity index (χ2n) is 5.45. The van der Waals surface area contributed by atoms with Crippen LogP contribution in [0.4, 0.5) is 5.82 Å². The molecule has 0 fully saturated rings. The summed E-state index contributed by atoms with van der Waals surface area (Å²) >= 11 is 13.5. The van der Waals surface area contributed by atoms with Crippen molar-refractivity contribution in [2.75, 3.05) is 5.32 Å². The molecule has 4 rings (SSSR count). The molecule has 0 spiro atoms. The molecular formula is C18H10Cl2N4OS. The van der Waals surface area contributed by atoms with Gasteiger partial charge in [-0.25, -0.2) is 4.98 Å². The Kier molecular flexibility index (Phi) is 4.55. The second-order valence-corrected chi connectivity index (χ2v) is 6.79. The smallest absolute Gasteiger partial charge is 0.258 e. The molecule has 1 amide bonds. The molecule has 128 valence electrons. The largest absolute Gasteiger partial charge is 0.307 e. The van der Waals surface area contributed by atoms with Crippen molar-refractivity contribution in [1.82, 2.24) is 13.7 Å². The predicted molar refractivity (Wildman–Crippen MR) is 105 cm³/mol. The highest BCUT2D eigenvalue weighted by molar-refractivity contribution is 7.00. The molecule has 0 aliphatic carbocycles. The number of carbonyl (C=O) groups is 1. The molecule has 0 aliphatic heterocycles. The molecule has 0 unspecified atom stereocenters. The van der Waals surface area contributed by atoms with E-state index in [2.05, 4.69) is 19.0 Å². The number of anilines is 1. The van der Waals surface area contributed by atoms with Crippen molar-refractivity contribution < 1.29 is 4.79 Å². The van der Waals surface area contributed by atoms with Crippen LogP contribution in [0.3, 0.4) is 0 Å². The van der Waals surface area contributed by atoms with E-state index in [9.17, 15) is 4.79 Å². The normalized spacial score (nSPS) is 10.8. The zero-order valence-electron chi connectivity index (χ0n) is 13.1. The Bertz CT molecular complexity index is 1110. The average molecular weight is 401 g/mol. The van der Waals surface area contributed by atoms with Crippen LogP contribution in [0.2, 0.25) is 10.0 Å². The van der Waals surface area contributed by atoms with Gasteiger partial charge >= 0.3 is 0 Å². The molecule has 26 heavy (non-hydrogen) atoms. The number of hydrogen-bond acceptors (Lipinski definition) is 5. The third-order valence-corrected chi connectivity index (χ3v) is 4.98. The van der Waals surface area contributed by atoms with Crippen LogP contribution in [-0.2, 0) is 0 Å². The van der Waals surface area contributed by atoms with Gasteiger partial charge in [0.25, 0.3) is 5.91 Å². The van der Waals surface area contributed by atoms with E-state index in [1.165, 1.54) is 0 Å². The second kappa shape index (κ2) is 6.99. The Hall–Kier alpha value is -2.54. The first-order chi connectivity index (χ1) is 12.6. The number of nitrogens with one attached hydrogen (secondary N) is 1. The highest BCUT2D eigenvalue weighted by Crippen LogP contribution is 2.31. The molecule has 8 heteroatoms. The third-order valence-electron chi connectivity index (χ3n) is 3.78. The van der Waals surface area contributed by atoms with Crippen LogP contribution in [0.25, 0.3) is 22.2 Å². The van der Waals surface area contributed by atoms with E-state index < -0.39 is 0 Å². The fourth-order valence-electron chi connectivity index (χ4n) is 2.48. The SMILES string of the molecule is O=C(Nc1ccc(-c2cc3nsnc3cc2Cl)cn1)c1ccccc1Cl. The first-order valence-electron chi connectivity index (χ1n) is 7.56. The van der Waals surface area contributed by atoms with Crippen LogP contribution in [-0.4, -0.2) is 19.6 Å². The Morgan fingerprint density at radius 1 is 0.962 bits per heavy atom. The average Bonchev–Trinajstić information content (AvgIpc) is 3.09. The molecule has 2 aromatic carbocycles. The van der Waals surface area contributed by atoms with Crippen molar-refractivity contribution in [3.8, 4) is 11.1 Å². The highest BCUT2D eigenvalue weighted by atomic mass is 35.5. The van der Waals surface area contributed by atoms with Crippen molar-refractivity contribution in [1.29, 1.82) is 0 Å². The molecule has 0 bridgehead atoms. The van der Waals surface area contributed by atoms with Crippen LogP contribution < -0.4 is 5.32 Å². The summed E-state index contributed by atoms with van der Waals surface area (Å²) in [5, 5.41) is 3.69. The number of carbonyl (C=O) groups excluding carboxylic acids is 1. The van der Waals surface area contributed by atoms with E-state index in [0.29, 0.717) is 21.4 Å². The molecule has 0 saturated heterocycles. The fraction of sp³-hybridized carbons (Fsp3) is 0. The number of halogens is 2. The van der Waals surface area contributed by atoms with Gasteiger partial charge in [0.05, 0.1) is 27.3 Å². The fourth-order valence-corrected chi connectivity index (χ4v) is 3.48. The van der Waals surface area contributed by atoms with Crippen LogP contribution in [0.15, 0.2) is 54.7 Å². The Labute approximate surface area is 162 Å². The van der Waals surface area contributed by atoms with Gasteiger partial charge in [-0.1, -0.05) is 35.3 Å². The van der Waals surface area contributed by atoms with Gasteiger partial charge in [0, 0.05) is 17.3 Å². The van der Waals surface area contributed by atoms with Gasteiger partial charge in [-0.05, 0) is 36.4 Å². The number of nitrogens with zero attached hydrogens (tertiary/aromatic N) is 3. The van der Waals surface area contributed by atoms with Gasteiger partial charge in [-0.2, -0.15) is 8.75 Å². The standard InChI is InChI=1S/C18H10Cl2N4OS/c19-13-4-2-1-3-11(13)18(25)22-17-6-5-10(9-21-17)12-7-15-16(8-14(12)20)24-26-23-15/h1-9H,(H,21,22,25). The lowest BCUT2D eigenvalue weighted by molar-refractivity contribution is 0.102. The topological polar surface area (TPSA) is 67.8 Å². The summed E-state index contributed by atoms with van der Waals surface area (Å²) in [6.45, 7) is 0. The van der Waals surface area contributed by atoms with E-state index in [1.807, 2.05) is 12.1 Å². The molecule has 0 aliphatic rings. The maximum absolute atomic E-state index is 12.3.